The fourth-order valence-corrected chi connectivity index (χ4v) is 2.33. The number of nitrogens with zero attached hydrogens (tertiary/aromatic N) is 2. The van der Waals surface area contributed by atoms with Crippen LogP contribution in [0.15, 0.2) is 24.4 Å². The lowest BCUT2D eigenvalue weighted by Crippen LogP contribution is -2.17. The lowest BCUT2D eigenvalue weighted by Gasteiger charge is -2.15. The van der Waals surface area contributed by atoms with Crippen molar-refractivity contribution in [2.24, 2.45) is 5.73 Å². The van der Waals surface area contributed by atoms with Gasteiger partial charge in [-0.15, -0.1) is 0 Å². The van der Waals surface area contributed by atoms with Crippen molar-refractivity contribution in [3.63, 3.8) is 0 Å². The fraction of sp³-hybridized carbons (Fsp3) is 0.308. The maximum absolute atomic E-state index is 6.27. The highest BCUT2D eigenvalue weighted by Gasteiger charge is 2.18. The molecule has 0 amide bonds. The highest BCUT2D eigenvalue weighted by Crippen LogP contribution is 2.28. The molecule has 0 fully saturated rings. The molecule has 3 nitrogen and oxygen atoms in total. The molecule has 0 aliphatic heterocycles. The van der Waals surface area contributed by atoms with Crippen LogP contribution in [0.2, 0.25) is 10.0 Å². The zero-order valence-electron chi connectivity index (χ0n) is 10.3. The summed E-state index contributed by atoms with van der Waals surface area (Å²) in [4.78, 5) is 0. The second kappa shape index (κ2) is 5.31. The van der Waals surface area contributed by atoms with Crippen LogP contribution >= 0.6 is 23.2 Å². The van der Waals surface area contributed by atoms with Crippen LogP contribution in [-0.2, 0) is 6.54 Å². The van der Waals surface area contributed by atoms with Gasteiger partial charge in [-0.1, -0.05) is 35.3 Å². The number of nitrogens with two attached hydrogens (primary N) is 1. The Kier molecular flexibility index (Phi) is 3.95. The second-order valence-electron chi connectivity index (χ2n) is 4.18. The Morgan fingerprint density at radius 1 is 1.33 bits per heavy atom. The van der Waals surface area contributed by atoms with Crippen LogP contribution < -0.4 is 5.73 Å². The quantitative estimate of drug-likeness (QED) is 0.936. The minimum absolute atomic E-state index is 0.295. The molecule has 1 unspecified atom stereocenters. The molecule has 96 valence electrons. The first-order valence-corrected chi connectivity index (χ1v) is 6.53. The van der Waals surface area contributed by atoms with Crippen LogP contribution in [0.1, 0.15) is 29.8 Å². The Morgan fingerprint density at radius 2 is 2.06 bits per heavy atom. The number of rotatable bonds is 3. The average Bonchev–Trinajstić information content (AvgIpc) is 2.73. The molecule has 1 aromatic carbocycles. The van der Waals surface area contributed by atoms with Gasteiger partial charge in [-0.25, -0.2) is 0 Å². The summed E-state index contributed by atoms with van der Waals surface area (Å²) in [5, 5.41) is 5.53. The summed E-state index contributed by atoms with van der Waals surface area (Å²) < 4.78 is 1.82. The molecular formula is C13H15Cl2N3. The Morgan fingerprint density at radius 3 is 2.67 bits per heavy atom. The summed E-state index contributed by atoms with van der Waals surface area (Å²) in [5.41, 5.74) is 9.09. The average molecular weight is 284 g/mol. The predicted molar refractivity (Wildman–Crippen MR) is 75.1 cm³/mol. The Bertz CT molecular complexity index is 563. The van der Waals surface area contributed by atoms with E-state index in [0.29, 0.717) is 5.02 Å². The van der Waals surface area contributed by atoms with Gasteiger partial charge >= 0.3 is 0 Å². The number of benzene rings is 1. The first kappa shape index (κ1) is 13.4. The van der Waals surface area contributed by atoms with Gasteiger partial charge in [-0.3, -0.25) is 4.68 Å². The Balaban J connectivity index is 2.44. The van der Waals surface area contributed by atoms with E-state index in [4.69, 9.17) is 28.9 Å². The molecule has 0 aliphatic carbocycles. The zero-order valence-corrected chi connectivity index (χ0v) is 11.8. The van der Waals surface area contributed by atoms with Crippen LogP contribution in [-0.4, -0.2) is 9.78 Å². The first-order chi connectivity index (χ1) is 8.54. The van der Waals surface area contributed by atoms with Crippen LogP contribution in [0, 0.1) is 6.92 Å². The molecule has 0 bridgehead atoms. The molecule has 0 spiro atoms. The van der Waals surface area contributed by atoms with Crippen LogP contribution in [0.5, 0.6) is 0 Å². The van der Waals surface area contributed by atoms with E-state index < -0.39 is 0 Å². The van der Waals surface area contributed by atoms with Crippen molar-refractivity contribution in [2.75, 3.05) is 0 Å². The van der Waals surface area contributed by atoms with Crippen molar-refractivity contribution in [3.05, 3.63) is 51.3 Å². The van der Waals surface area contributed by atoms with Gasteiger partial charge in [-0.05, 0) is 31.0 Å². The van der Waals surface area contributed by atoms with Gasteiger partial charge in [0.2, 0.25) is 0 Å². The molecule has 1 aromatic heterocycles. The van der Waals surface area contributed by atoms with E-state index in [2.05, 4.69) is 5.10 Å². The largest absolute Gasteiger partial charge is 0.319 e. The molecule has 2 rings (SSSR count). The van der Waals surface area contributed by atoms with Gasteiger partial charge in [0.05, 0.1) is 23.0 Å². The maximum Gasteiger partial charge on any atom is 0.0837 e. The van der Waals surface area contributed by atoms with Crippen molar-refractivity contribution in [1.29, 1.82) is 0 Å². The number of hydrogen-bond acceptors (Lipinski definition) is 2. The second-order valence-corrected chi connectivity index (χ2v) is 4.99. The number of hydrogen-bond donors (Lipinski definition) is 1. The smallest absolute Gasteiger partial charge is 0.0837 e. The predicted octanol–water partition coefficient (Wildman–Crippen LogP) is 3.57. The molecule has 1 heterocycles. The Hall–Kier alpha value is -1.03. The summed E-state index contributed by atoms with van der Waals surface area (Å²) in [6.45, 7) is 4.70. The number of aryl methyl sites for hydroxylation is 2. The number of halogens is 2. The van der Waals surface area contributed by atoms with Crippen LogP contribution in [0.4, 0.5) is 0 Å². The molecule has 0 saturated heterocycles. The van der Waals surface area contributed by atoms with E-state index in [1.54, 1.807) is 6.20 Å². The SMILES string of the molecule is CCn1ncc(Cl)c1C(N)c1ccc(Cl)c(C)c1. The summed E-state index contributed by atoms with van der Waals surface area (Å²) >= 11 is 12.2. The molecule has 0 aliphatic rings. The zero-order chi connectivity index (χ0) is 13.3. The van der Waals surface area contributed by atoms with E-state index in [1.807, 2.05) is 36.7 Å². The fourth-order valence-electron chi connectivity index (χ4n) is 1.95. The van der Waals surface area contributed by atoms with E-state index in [9.17, 15) is 0 Å². The van der Waals surface area contributed by atoms with E-state index >= 15 is 0 Å². The third-order valence-electron chi connectivity index (χ3n) is 2.97. The highest BCUT2D eigenvalue weighted by molar-refractivity contribution is 6.31. The van der Waals surface area contributed by atoms with E-state index in [1.165, 1.54) is 0 Å². The minimum atomic E-state index is -0.295. The van der Waals surface area contributed by atoms with Gasteiger partial charge in [0.1, 0.15) is 0 Å². The monoisotopic (exact) mass is 283 g/mol. The van der Waals surface area contributed by atoms with Gasteiger partial charge in [-0.2, -0.15) is 5.10 Å². The maximum atomic E-state index is 6.27. The van der Waals surface area contributed by atoms with Gasteiger partial charge in [0.25, 0.3) is 0 Å². The highest BCUT2D eigenvalue weighted by atomic mass is 35.5. The van der Waals surface area contributed by atoms with Gasteiger partial charge < -0.3 is 5.73 Å². The third kappa shape index (κ3) is 2.39. The van der Waals surface area contributed by atoms with Crippen LogP contribution in [0.3, 0.4) is 0 Å². The molecule has 18 heavy (non-hydrogen) atoms. The molecule has 0 radical (unpaired) electrons. The molecule has 0 saturated carbocycles. The van der Waals surface area contributed by atoms with Crippen molar-refractivity contribution < 1.29 is 0 Å². The molecule has 1 atom stereocenters. The first-order valence-electron chi connectivity index (χ1n) is 5.77. The van der Waals surface area contributed by atoms with Crippen molar-refractivity contribution >= 4 is 23.2 Å². The summed E-state index contributed by atoms with van der Waals surface area (Å²) in [6.07, 6.45) is 1.63. The Labute approximate surface area is 117 Å². The van der Waals surface area contributed by atoms with E-state index in [-0.39, 0.29) is 6.04 Å². The summed E-state index contributed by atoms with van der Waals surface area (Å²) in [7, 11) is 0. The number of aromatic nitrogens is 2. The van der Waals surface area contributed by atoms with Crippen LogP contribution in [0.25, 0.3) is 0 Å². The molecular weight excluding hydrogens is 269 g/mol. The minimum Gasteiger partial charge on any atom is -0.319 e. The third-order valence-corrected chi connectivity index (χ3v) is 3.68. The topological polar surface area (TPSA) is 43.8 Å². The van der Waals surface area contributed by atoms with Gasteiger partial charge in [0, 0.05) is 11.6 Å². The normalized spacial score (nSPS) is 12.7. The molecule has 2 aromatic rings. The van der Waals surface area contributed by atoms with Gasteiger partial charge in [0.15, 0.2) is 0 Å². The standard InChI is InChI=1S/C13H15Cl2N3/c1-3-18-13(11(15)7-17-18)12(16)9-4-5-10(14)8(2)6-9/h4-7,12H,3,16H2,1-2H3. The summed E-state index contributed by atoms with van der Waals surface area (Å²) in [6, 6.07) is 5.46. The van der Waals surface area contributed by atoms with Crippen molar-refractivity contribution in [1.82, 2.24) is 9.78 Å². The van der Waals surface area contributed by atoms with Crippen molar-refractivity contribution in [3.8, 4) is 0 Å². The van der Waals surface area contributed by atoms with E-state index in [0.717, 1.165) is 28.4 Å². The lowest BCUT2D eigenvalue weighted by molar-refractivity contribution is 0.601. The van der Waals surface area contributed by atoms with Crippen molar-refractivity contribution in [2.45, 2.75) is 26.4 Å². The lowest BCUT2D eigenvalue weighted by atomic mass is 10.0. The molecule has 5 heteroatoms. The summed E-state index contributed by atoms with van der Waals surface area (Å²) in [5.74, 6) is 0. The molecule has 2 N–H and O–H groups in total.